The Balaban J connectivity index is 1.99. The van der Waals surface area contributed by atoms with E-state index >= 15 is 0 Å². The van der Waals surface area contributed by atoms with Crippen LogP contribution in [0.5, 0.6) is 0 Å². The quantitative estimate of drug-likeness (QED) is 0.591. The predicted molar refractivity (Wildman–Crippen MR) is 113 cm³/mol. The van der Waals surface area contributed by atoms with Crippen molar-refractivity contribution in [2.24, 2.45) is 0 Å². The summed E-state index contributed by atoms with van der Waals surface area (Å²) >= 11 is 6.00. The van der Waals surface area contributed by atoms with Gasteiger partial charge in [0.2, 0.25) is 0 Å². The highest BCUT2D eigenvalue weighted by atomic mass is 35.5. The second kappa shape index (κ2) is 8.98. The lowest BCUT2D eigenvalue weighted by Crippen LogP contribution is -2.54. The number of benzene rings is 2. The molecule has 0 saturated carbocycles. The number of rotatable bonds is 6. The molecule has 1 saturated heterocycles. The number of carbonyl (C=O) groups is 1. The maximum atomic E-state index is 13.2. The number of alkyl halides is 3. The third kappa shape index (κ3) is 4.49. The molecule has 1 fully saturated rings. The third-order valence-electron chi connectivity index (χ3n) is 6.12. The van der Waals surface area contributed by atoms with Gasteiger partial charge in [0.1, 0.15) is 0 Å². The van der Waals surface area contributed by atoms with Crippen molar-refractivity contribution < 1.29 is 18.0 Å². The molecule has 2 atom stereocenters. The highest BCUT2D eigenvalue weighted by Gasteiger charge is 2.42. The molecule has 30 heavy (non-hydrogen) atoms. The van der Waals surface area contributed by atoms with Crippen LogP contribution in [0, 0.1) is 0 Å². The standard InChI is InChI=1S/C23H26ClF3N2O/c1-3-22(2,29-14-7-8-15-29)20(16-10-5-4-6-11-16)28-21(30)17-12-9-13-18(19(17)24)23(25,26)27/h4-6,9-13,20H,3,7-8,14-15H2,1-2H3,(H,28,30). The Labute approximate surface area is 180 Å². The van der Waals surface area contributed by atoms with Crippen LogP contribution in [0.4, 0.5) is 13.2 Å². The Morgan fingerprint density at radius 2 is 1.73 bits per heavy atom. The van der Waals surface area contributed by atoms with Crippen molar-refractivity contribution in [3.63, 3.8) is 0 Å². The lowest BCUT2D eigenvalue weighted by Gasteiger charge is -2.45. The average Bonchev–Trinajstić information content (AvgIpc) is 3.27. The molecular weight excluding hydrogens is 413 g/mol. The van der Waals surface area contributed by atoms with E-state index in [1.165, 1.54) is 12.1 Å². The first-order valence-electron chi connectivity index (χ1n) is 10.1. The van der Waals surface area contributed by atoms with Gasteiger partial charge < -0.3 is 5.32 Å². The molecule has 0 aromatic heterocycles. The van der Waals surface area contributed by atoms with Crippen molar-refractivity contribution in [2.75, 3.05) is 13.1 Å². The summed E-state index contributed by atoms with van der Waals surface area (Å²) in [6.07, 6.45) is -1.68. The van der Waals surface area contributed by atoms with Gasteiger partial charge in [0.15, 0.2) is 0 Å². The Morgan fingerprint density at radius 3 is 2.30 bits per heavy atom. The van der Waals surface area contributed by atoms with Crippen LogP contribution in [0.3, 0.4) is 0 Å². The van der Waals surface area contributed by atoms with Crippen molar-refractivity contribution in [3.8, 4) is 0 Å². The number of nitrogens with zero attached hydrogens (tertiary/aromatic N) is 1. The second-order valence-electron chi connectivity index (χ2n) is 7.89. The molecule has 1 heterocycles. The van der Waals surface area contributed by atoms with E-state index in [0.717, 1.165) is 44.0 Å². The molecule has 1 amide bonds. The fourth-order valence-corrected chi connectivity index (χ4v) is 4.54. The van der Waals surface area contributed by atoms with Gasteiger partial charge in [-0.3, -0.25) is 9.69 Å². The number of carbonyl (C=O) groups excluding carboxylic acids is 1. The van der Waals surface area contributed by atoms with Crippen LogP contribution >= 0.6 is 11.6 Å². The van der Waals surface area contributed by atoms with Crippen molar-refractivity contribution >= 4 is 17.5 Å². The van der Waals surface area contributed by atoms with Crippen LogP contribution in [-0.4, -0.2) is 29.4 Å². The third-order valence-corrected chi connectivity index (χ3v) is 6.53. The van der Waals surface area contributed by atoms with Gasteiger partial charge in [-0.1, -0.05) is 54.9 Å². The highest BCUT2D eigenvalue weighted by molar-refractivity contribution is 6.34. The van der Waals surface area contributed by atoms with Gasteiger partial charge in [0.05, 0.1) is 22.2 Å². The molecule has 3 nitrogen and oxygen atoms in total. The minimum atomic E-state index is -4.63. The van der Waals surface area contributed by atoms with Crippen molar-refractivity contribution in [1.82, 2.24) is 10.2 Å². The van der Waals surface area contributed by atoms with Crippen LogP contribution in [0.25, 0.3) is 0 Å². The van der Waals surface area contributed by atoms with E-state index in [9.17, 15) is 18.0 Å². The minimum absolute atomic E-state index is 0.174. The van der Waals surface area contributed by atoms with E-state index < -0.39 is 28.7 Å². The molecule has 0 bridgehead atoms. The van der Waals surface area contributed by atoms with E-state index in [-0.39, 0.29) is 11.1 Å². The zero-order chi connectivity index (χ0) is 21.9. The topological polar surface area (TPSA) is 32.3 Å². The van der Waals surface area contributed by atoms with E-state index in [1.807, 2.05) is 30.3 Å². The average molecular weight is 439 g/mol. The molecule has 0 radical (unpaired) electrons. The largest absolute Gasteiger partial charge is 0.417 e. The smallest absolute Gasteiger partial charge is 0.343 e. The van der Waals surface area contributed by atoms with Crippen molar-refractivity contribution in [3.05, 3.63) is 70.2 Å². The zero-order valence-electron chi connectivity index (χ0n) is 17.1. The summed E-state index contributed by atoms with van der Waals surface area (Å²) in [5, 5.41) is 2.43. The number of hydrogen-bond donors (Lipinski definition) is 1. The van der Waals surface area contributed by atoms with Crippen LogP contribution in [-0.2, 0) is 6.18 Å². The Hall–Kier alpha value is -2.05. The van der Waals surface area contributed by atoms with E-state index in [0.29, 0.717) is 0 Å². The molecule has 0 spiro atoms. The lowest BCUT2D eigenvalue weighted by atomic mass is 9.82. The number of hydrogen-bond acceptors (Lipinski definition) is 2. The first-order chi connectivity index (χ1) is 14.2. The maximum absolute atomic E-state index is 13.2. The Kier molecular flexibility index (Phi) is 6.78. The SMILES string of the molecule is CCC(C)(C(NC(=O)c1cccc(C(F)(F)F)c1Cl)c1ccccc1)N1CCCC1. The van der Waals surface area contributed by atoms with E-state index in [1.54, 1.807) is 0 Å². The van der Waals surface area contributed by atoms with Gasteiger partial charge >= 0.3 is 6.18 Å². The monoisotopic (exact) mass is 438 g/mol. The summed E-state index contributed by atoms with van der Waals surface area (Å²) < 4.78 is 39.7. The fraction of sp³-hybridized carbons (Fsp3) is 0.435. The predicted octanol–water partition coefficient (Wildman–Crippen LogP) is 6.09. The fourth-order valence-electron chi connectivity index (χ4n) is 4.22. The lowest BCUT2D eigenvalue weighted by molar-refractivity contribution is -0.137. The van der Waals surface area contributed by atoms with Crippen LogP contribution in [0.15, 0.2) is 48.5 Å². The van der Waals surface area contributed by atoms with Gasteiger partial charge in [0.25, 0.3) is 5.91 Å². The number of nitrogens with one attached hydrogen (secondary N) is 1. The first-order valence-corrected chi connectivity index (χ1v) is 10.5. The van der Waals surface area contributed by atoms with Crippen LogP contribution in [0.2, 0.25) is 5.02 Å². The highest BCUT2D eigenvalue weighted by Crippen LogP contribution is 2.39. The molecular formula is C23H26ClF3N2O. The molecule has 3 rings (SSSR count). The van der Waals surface area contributed by atoms with Gasteiger partial charge in [-0.2, -0.15) is 13.2 Å². The molecule has 1 aliphatic heterocycles. The molecule has 0 aliphatic carbocycles. The van der Waals surface area contributed by atoms with E-state index in [2.05, 4.69) is 24.1 Å². The Bertz CT molecular complexity index is 882. The van der Waals surface area contributed by atoms with E-state index in [4.69, 9.17) is 11.6 Å². The summed E-state index contributed by atoms with van der Waals surface area (Å²) in [5.41, 5.74) is -0.662. The summed E-state index contributed by atoms with van der Waals surface area (Å²) in [7, 11) is 0. The first kappa shape index (κ1) is 22.6. The normalized spacial score (nSPS) is 18.1. The molecule has 1 N–H and O–H groups in total. The number of amides is 1. The number of halogens is 4. The molecule has 2 aromatic rings. The molecule has 2 unspecified atom stereocenters. The summed E-state index contributed by atoms with van der Waals surface area (Å²) in [4.78, 5) is 15.5. The molecule has 162 valence electrons. The molecule has 1 aliphatic rings. The number of likely N-dealkylation sites (tertiary alicyclic amines) is 1. The zero-order valence-corrected chi connectivity index (χ0v) is 17.9. The van der Waals surface area contributed by atoms with Crippen LogP contribution in [0.1, 0.15) is 60.6 Å². The van der Waals surface area contributed by atoms with Crippen LogP contribution < -0.4 is 5.32 Å². The van der Waals surface area contributed by atoms with Gasteiger partial charge in [-0.15, -0.1) is 0 Å². The van der Waals surface area contributed by atoms with Crippen molar-refractivity contribution in [1.29, 1.82) is 0 Å². The minimum Gasteiger partial charge on any atom is -0.343 e. The summed E-state index contributed by atoms with van der Waals surface area (Å²) in [6, 6.07) is 12.6. The van der Waals surface area contributed by atoms with Gasteiger partial charge in [-0.05, 0) is 57.0 Å². The van der Waals surface area contributed by atoms with Gasteiger partial charge in [-0.25, -0.2) is 0 Å². The molecule has 7 heteroatoms. The second-order valence-corrected chi connectivity index (χ2v) is 8.26. The maximum Gasteiger partial charge on any atom is 0.417 e. The molecule has 2 aromatic carbocycles. The summed E-state index contributed by atoms with van der Waals surface area (Å²) in [5.74, 6) is -0.612. The van der Waals surface area contributed by atoms with Crippen molar-refractivity contribution in [2.45, 2.75) is 50.9 Å². The Morgan fingerprint density at radius 1 is 1.10 bits per heavy atom. The van der Waals surface area contributed by atoms with Gasteiger partial charge in [0, 0.05) is 5.54 Å². The summed E-state index contributed by atoms with van der Waals surface area (Å²) in [6.45, 7) is 6.02.